The van der Waals surface area contributed by atoms with Crippen LogP contribution in [0.3, 0.4) is 0 Å². The first-order valence-electron chi connectivity index (χ1n) is 5.45. The lowest BCUT2D eigenvalue weighted by atomic mass is 10.3. The minimum absolute atomic E-state index is 0.268. The van der Waals surface area contributed by atoms with Crippen LogP contribution in [-0.4, -0.2) is 13.1 Å². The van der Waals surface area contributed by atoms with Gasteiger partial charge in [-0.3, -0.25) is 0 Å². The van der Waals surface area contributed by atoms with E-state index < -0.39 is 5.97 Å². The van der Waals surface area contributed by atoms with E-state index in [1.807, 2.05) is 0 Å². The maximum atomic E-state index is 13.5. The van der Waals surface area contributed by atoms with Gasteiger partial charge in [0.25, 0.3) is 0 Å². The van der Waals surface area contributed by atoms with Crippen molar-refractivity contribution >= 4 is 27.6 Å². The number of rotatable bonds is 4. The van der Waals surface area contributed by atoms with E-state index in [0.29, 0.717) is 17.0 Å². The molecule has 0 saturated heterocycles. The summed E-state index contributed by atoms with van der Waals surface area (Å²) in [6, 6.07) is 6.14. The Morgan fingerprint density at radius 2 is 2.26 bits per heavy atom. The predicted octanol–water partition coefficient (Wildman–Crippen LogP) is 3.58. The van der Waals surface area contributed by atoms with Crippen molar-refractivity contribution in [2.45, 2.75) is 6.54 Å². The zero-order valence-electron chi connectivity index (χ0n) is 10.1. The number of carbonyl (C=O) groups is 1. The summed E-state index contributed by atoms with van der Waals surface area (Å²) in [5.41, 5.74) is 0.680. The molecule has 100 valence electrons. The molecular formula is C13H11BrFNO3. The van der Waals surface area contributed by atoms with Crippen molar-refractivity contribution in [2.75, 3.05) is 12.4 Å². The molecule has 0 aliphatic heterocycles. The Balaban J connectivity index is 2.04. The monoisotopic (exact) mass is 327 g/mol. The number of ether oxygens (including phenoxy) is 1. The molecule has 0 aliphatic carbocycles. The lowest BCUT2D eigenvalue weighted by molar-refractivity contribution is 0.0600. The highest BCUT2D eigenvalue weighted by Crippen LogP contribution is 2.21. The van der Waals surface area contributed by atoms with Gasteiger partial charge < -0.3 is 14.5 Å². The first-order valence-corrected chi connectivity index (χ1v) is 6.24. The van der Waals surface area contributed by atoms with Gasteiger partial charge in [-0.2, -0.15) is 0 Å². The fourth-order valence-corrected chi connectivity index (χ4v) is 1.87. The van der Waals surface area contributed by atoms with Crippen molar-refractivity contribution in [1.82, 2.24) is 0 Å². The Labute approximate surface area is 117 Å². The van der Waals surface area contributed by atoms with Gasteiger partial charge in [-0.05, 0) is 24.3 Å². The molecule has 19 heavy (non-hydrogen) atoms. The molecule has 0 unspecified atom stereocenters. The molecule has 0 bridgehead atoms. The zero-order valence-corrected chi connectivity index (χ0v) is 11.7. The first-order chi connectivity index (χ1) is 9.10. The molecular weight excluding hydrogens is 317 g/mol. The van der Waals surface area contributed by atoms with Gasteiger partial charge in [0.2, 0.25) is 0 Å². The number of furan rings is 1. The van der Waals surface area contributed by atoms with E-state index in [9.17, 15) is 9.18 Å². The lowest BCUT2D eigenvalue weighted by Gasteiger charge is -2.06. The summed E-state index contributed by atoms with van der Waals surface area (Å²) in [5.74, 6) is -0.314. The Morgan fingerprint density at radius 1 is 1.47 bits per heavy atom. The number of methoxy groups -OCH3 is 1. The molecule has 6 heteroatoms. The second kappa shape index (κ2) is 5.88. The zero-order chi connectivity index (χ0) is 13.8. The highest BCUT2D eigenvalue weighted by Gasteiger charge is 2.10. The fraction of sp³-hybridized carbons (Fsp3) is 0.154. The van der Waals surface area contributed by atoms with Crippen molar-refractivity contribution in [2.24, 2.45) is 0 Å². The molecule has 1 aromatic carbocycles. The molecule has 0 saturated carbocycles. The van der Waals surface area contributed by atoms with E-state index in [0.717, 1.165) is 4.47 Å². The van der Waals surface area contributed by atoms with Crippen LogP contribution in [-0.2, 0) is 11.3 Å². The third kappa shape index (κ3) is 3.35. The maximum absolute atomic E-state index is 13.5. The van der Waals surface area contributed by atoms with Gasteiger partial charge in [0.1, 0.15) is 17.8 Å². The summed E-state index contributed by atoms with van der Waals surface area (Å²) in [6.07, 6.45) is 1.31. The van der Waals surface area contributed by atoms with Crippen LogP contribution in [0.5, 0.6) is 0 Å². The number of hydrogen-bond acceptors (Lipinski definition) is 4. The number of halogens is 2. The number of esters is 1. The molecule has 4 nitrogen and oxygen atoms in total. The quantitative estimate of drug-likeness (QED) is 0.872. The van der Waals surface area contributed by atoms with Gasteiger partial charge in [-0.15, -0.1) is 0 Å². The molecule has 1 aromatic heterocycles. The highest BCUT2D eigenvalue weighted by atomic mass is 79.9. The Kier molecular flexibility index (Phi) is 4.21. The molecule has 2 rings (SSSR count). The average molecular weight is 328 g/mol. The third-order valence-electron chi connectivity index (χ3n) is 2.46. The van der Waals surface area contributed by atoms with Crippen LogP contribution in [0.15, 0.2) is 39.4 Å². The van der Waals surface area contributed by atoms with E-state index in [1.54, 1.807) is 18.2 Å². The molecule has 1 heterocycles. The molecule has 0 spiro atoms. The van der Waals surface area contributed by atoms with Crippen molar-refractivity contribution in [1.29, 1.82) is 0 Å². The average Bonchev–Trinajstić information content (AvgIpc) is 2.88. The molecule has 0 radical (unpaired) electrons. The number of hydrogen-bond donors (Lipinski definition) is 1. The largest absolute Gasteiger partial charge is 0.467 e. The van der Waals surface area contributed by atoms with Crippen LogP contribution in [0.25, 0.3) is 0 Å². The molecule has 0 aliphatic rings. The van der Waals surface area contributed by atoms with E-state index in [1.165, 1.54) is 19.4 Å². The Hall–Kier alpha value is -1.82. The van der Waals surface area contributed by atoms with Crippen LogP contribution >= 0.6 is 15.9 Å². The van der Waals surface area contributed by atoms with Crippen LogP contribution in [0.1, 0.15) is 16.1 Å². The minimum Gasteiger partial charge on any atom is -0.467 e. The Bertz CT molecular complexity index is 597. The van der Waals surface area contributed by atoms with Gasteiger partial charge in [-0.1, -0.05) is 15.9 Å². The maximum Gasteiger partial charge on any atom is 0.341 e. The van der Waals surface area contributed by atoms with Crippen molar-refractivity contribution < 1.29 is 18.3 Å². The molecule has 2 aromatic rings. The van der Waals surface area contributed by atoms with Gasteiger partial charge in [-0.25, -0.2) is 9.18 Å². The van der Waals surface area contributed by atoms with Gasteiger partial charge in [0.05, 0.1) is 24.9 Å². The molecule has 1 N–H and O–H groups in total. The van der Waals surface area contributed by atoms with E-state index >= 15 is 0 Å². The van der Waals surface area contributed by atoms with Gasteiger partial charge in [0, 0.05) is 4.47 Å². The summed E-state index contributed by atoms with van der Waals surface area (Å²) in [4.78, 5) is 11.2. The van der Waals surface area contributed by atoms with E-state index in [-0.39, 0.29) is 12.4 Å². The smallest absolute Gasteiger partial charge is 0.341 e. The second-order valence-electron chi connectivity index (χ2n) is 3.77. The minimum atomic E-state index is -0.469. The van der Waals surface area contributed by atoms with Gasteiger partial charge in [0.15, 0.2) is 0 Å². The van der Waals surface area contributed by atoms with Crippen molar-refractivity contribution in [3.8, 4) is 0 Å². The topological polar surface area (TPSA) is 51.5 Å². The highest BCUT2D eigenvalue weighted by molar-refractivity contribution is 9.10. The third-order valence-corrected chi connectivity index (χ3v) is 2.95. The number of nitrogens with one attached hydrogen (secondary N) is 1. The lowest BCUT2D eigenvalue weighted by Crippen LogP contribution is -2.01. The molecule has 0 atom stereocenters. The fourth-order valence-electron chi connectivity index (χ4n) is 1.51. The summed E-state index contributed by atoms with van der Waals surface area (Å²) < 4.78 is 24.0. The summed E-state index contributed by atoms with van der Waals surface area (Å²) in [5, 5.41) is 2.89. The first kappa shape index (κ1) is 13.6. The number of benzene rings is 1. The van der Waals surface area contributed by atoms with Crippen molar-refractivity contribution in [3.05, 3.63) is 52.1 Å². The van der Waals surface area contributed by atoms with Crippen molar-refractivity contribution in [3.63, 3.8) is 0 Å². The number of anilines is 1. The standard InChI is InChI=1S/C13H11BrFNO3/c1-18-13(17)8-4-10(19-7-8)6-16-12-5-9(14)2-3-11(12)15/h2-5,7,16H,6H2,1H3. The van der Waals surface area contributed by atoms with Crippen LogP contribution in [0.4, 0.5) is 10.1 Å². The number of carbonyl (C=O) groups excluding carboxylic acids is 1. The summed E-state index contributed by atoms with van der Waals surface area (Å²) in [6.45, 7) is 0.268. The second-order valence-corrected chi connectivity index (χ2v) is 4.69. The molecule has 0 amide bonds. The van der Waals surface area contributed by atoms with Gasteiger partial charge >= 0.3 is 5.97 Å². The van der Waals surface area contributed by atoms with E-state index in [2.05, 4.69) is 26.0 Å². The van der Waals surface area contributed by atoms with E-state index in [4.69, 9.17) is 4.42 Å². The van der Waals surface area contributed by atoms with Crippen LogP contribution < -0.4 is 5.32 Å². The normalized spacial score (nSPS) is 10.3. The van der Waals surface area contributed by atoms with Crippen LogP contribution in [0, 0.1) is 5.82 Å². The summed E-state index contributed by atoms with van der Waals surface area (Å²) >= 11 is 3.26. The Morgan fingerprint density at radius 3 is 3.00 bits per heavy atom. The SMILES string of the molecule is COC(=O)c1coc(CNc2cc(Br)ccc2F)c1. The molecule has 0 fully saturated rings. The predicted molar refractivity (Wildman–Crippen MR) is 71.5 cm³/mol. The summed E-state index contributed by atoms with van der Waals surface area (Å²) in [7, 11) is 1.30. The van der Waals surface area contributed by atoms with Crippen LogP contribution in [0.2, 0.25) is 0 Å².